The topological polar surface area (TPSA) is 57.6 Å². The third kappa shape index (κ3) is 3.23. The van der Waals surface area contributed by atoms with Gasteiger partial charge in [0.25, 0.3) is 0 Å². The first kappa shape index (κ1) is 14.5. The van der Waals surface area contributed by atoms with Crippen molar-refractivity contribution in [1.82, 2.24) is 4.90 Å². The van der Waals surface area contributed by atoms with Gasteiger partial charge in [0.05, 0.1) is 0 Å². The summed E-state index contributed by atoms with van der Waals surface area (Å²) in [6, 6.07) is 7.08. The van der Waals surface area contributed by atoms with E-state index in [1.807, 2.05) is 0 Å². The first-order valence-corrected chi connectivity index (χ1v) is 5.86. The van der Waals surface area contributed by atoms with Crippen LogP contribution in [0.25, 0.3) is 0 Å². The van der Waals surface area contributed by atoms with Crippen molar-refractivity contribution in [3.8, 4) is 0 Å². The Morgan fingerprint density at radius 1 is 1.28 bits per heavy atom. The Morgan fingerprint density at radius 2 is 1.78 bits per heavy atom. The number of carboxylic acids is 1. The second kappa shape index (κ2) is 5.40. The molecule has 0 bridgehead atoms. The maximum absolute atomic E-state index is 12.0. The molecule has 4 nitrogen and oxygen atoms in total. The predicted molar refractivity (Wildman–Crippen MR) is 69.3 cm³/mol. The molecule has 0 spiro atoms. The van der Waals surface area contributed by atoms with Crippen LogP contribution in [0, 0.1) is 5.41 Å². The molecule has 0 aliphatic rings. The molecule has 0 aliphatic heterocycles. The highest BCUT2D eigenvalue weighted by molar-refractivity contribution is 6.30. The maximum atomic E-state index is 12.0. The van der Waals surface area contributed by atoms with Crippen molar-refractivity contribution in [2.45, 2.75) is 20.4 Å². The summed E-state index contributed by atoms with van der Waals surface area (Å²) in [6.07, 6.45) is 0. The lowest BCUT2D eigenvalue weighted by Gasteiger charge is -2.26. The lowest BCUT2D eigenvalue weighted by atomic mass is 9.92. The molecule has 5 heteroatoms. The van der Waals surface area contributed by atoms with Gasteiger partial charge in [-0.2, -0.15) is 0 Å². The first-order valence-electron chi connectivity index (χ1n) is 5.48. The molecule has 1 N–H and O–H groups in total. The Balaban J connectivity index is 2.77. The van der Waals surface area contributed by atoms with E-state index in [9.17, 15) is 9.59 Å². The summed E-state index contributed by atoms with van der Waals surface area (Å²) in [4.78, 5) is 24.4. The lowest BCUT2D eigenvalue weighted by Crippen LogP contribution is -2.43. The largest absolute Gasteiger partial charge is 0.480 e. The van der Waals surface area contributed by atoms with E-state index in [0.29, 0.717) is 11.6 Å². The number of carbonyl (C=O) groups is 2. The van der Waals surface area contributed by atoms with Crippen molar-refractivity contribution < 1.29 is 14.7 Å². The number of aliphatic carboxylic acids is 1. The molecule has 0 saturated heterocycles. The van der Waals surface area contributed by atoms with Crippen molar-refractivity contribution in [2.24, 2.45) is 5.41 Å². The third-order valence-electron chi connectivity index (χ3n) is 2.75. The fourth-order valence-electron chi connectivity index (χ4n) is 1.50. The number of nitrogens with zero attached hydrogens (tertiary/aromatic N) is 1. The molecule has 18 heavy (non-hydrogen) atoms. The van der Waals surface area contributed by atoms with E-state index in [2.05, 4.69) is 0 Å². The van der Waals surface area contributed by atoms with Crippen LogP contribution in [-0.2, 0) is 16.1 Å². The summed E-state index contributed by atoms with van der Waals surface area (Å²) < 4.78 is 0. The molecule has 1 aromatic rings. The number of rotatable bonds is 4. The smallest absolute Gasteiger partial charge is 0.318 e. The van der Waals surface area contributed by atoms with E-state index in [1.54, 1.807) is 31.3 Å². The summed E-state index contributed by atoms with van der Waals surface area (Å²) >= 11 is 5.77. The first-order chi connectivity index (χ1) is 8.25. The molecule has 0 unspecified atom stereocenters. The highest BCUT2D eigenvalue weighted by atomic mass is 35.5. The van der Waals surface area contributed by atoms with Crippen LogP contribution >= 0.6 is 11.6 Å². The van der Waals surface area contributed by atoms with Crippen molar-refractivity contribution in [2.75, 3.05) is 7.05 Å². The standard InChI is InChI=1S/C13H16ClNO3/c1-13(2,12(17)18)11(16)15(3)8-9-4-6-10(14)7-5-9/h4-7H,8H2,1-3H3,(H,17,18). The van der Waals surface area contributed by atoms with E-state index in [4.69, 9.17) is 16.7 Å². The Labute approximate surface area is 111 Å². The summed E-state index contributed by atoms with van der Waals surface area (Å²) in [5.74, 6) is -1.56. The number of hydrogen-bond acceptors (Lipinski definition) is 2. The van der Waals surface area contributed by atoms with Gasteiger partial charge in [-0.1, -0.05) is 23.7 Å². The number of carboxylic acid groups (broad SMARTS) is 1. The minimum atomic E-state index is -1.42. The molecule has 1 amide bonds. The van der Waals surface area contributed by atoms with Crippen LogP contribution in [0.5, 0.6) is 0 Å². The number of benzene rings is 1. The molecular weight excluding hydrogens is 254 g/mol. The van der Waals surface area contributed by atoms with Crippen molar-refractivity contribution in [1.29, 1.82) is 0 Å². The van der Waals surface area contributed by atoms with Gasteiger partial charge in [0.2, 0.25) is 5.91 Å². The van der Waals surface area contributed by atoms with E-state index in [0.717, 1.165) is 5.56 Å². The molecule has 0 fully saturated rings. The van der Waals surface area contributed by atoms with E-state index < -0.39 is 17.3 Å². The van der Waals surface area contributed by atoms with Crippen molar-refractivity contribution in [3.63, 3.8) is 0 Å². The zero-order valence-corrected chi connectivity index (χ0v) is 11.4. The van der Waals surface area contributed by atoms with Gasteiger partial charge in [0.15, 0.2) is 0 Å². The molecule has 1 aromatic carbocycles. The van der Waals surface area contributed by atoms with E-state index in [-0.39, 0.29) is 0 Å². The van der Waals surface area contributed by atoms with Crippen molar-refractivity contribution in [3.05, 3.63) is 34.9 Å². The Kier molecular flexibility index (Phi) is 4.35. The average molecular weight is 270 g/mol. The molecule has 0 heterocycles. The lowest BCUT2D eigenvalue weighted by molar-refractivity contribution is -0.157. The van der Waals surface area contributed by atoms with Crippen LogP contribution in [0.15, 0.2) is 24.3 Å². The van der Waals surface area contributed by atoms with Crippen molar-refractivity contribution >= 4 is 23.5 Å². The second-order valence-electron chi connectivity index (χ2n) is 4.72. The minimum Gasteiger partial charge on any atom is -0.480 e. The maximum Gasteiger partial charge on any atom is 0.318 e. The average Bonchev–Trinajstić information content (AvgIpc) is 2.30. The molecule has 0 aliphatic carbocycles. The number of hydrogen-bond donors (Lipinski definition) is 1. The third-order valence-corrected chi connectivity index (χ3v) is 3.00. The Morgan fingerprint density at radius 3 is 2.22 bits per heavy atom. The molecular formula is C13H16ClNO3. The van der Waals surface area contributed by atoms with Crippen LogP contribution in [0.4, 0.5) is 0 Å². The fraction of sp³-hybridized carbons (Fsp3) is 0.385. The SMILES string of the molecule is CN(Cc1ccc(Cl)cc1)C(=O)C(C)(C)C(=O)O. The minimum absolute atomic E-state index is 0.354. The van der Waals surface area contributed by atoms with Gasteiger partial charge in [0, 0.05) is 18.6 Å². The molecule has 0 radical (unpaired) electrons. The van der Waals surface area contributed by atoms with Crippen LogP contribution < -0.4 is 0 Å². The Hall–Kier alpha value is -1.55. The van der Waals surface area contributed by atoms with Gasteiger partial charge in [-0.25, -0.2) is 0 Å². The van der Waals surface area contributed by atoms with E-state index >= 15 is 0 Å². The van der Waals surface area contributed by atoms with Gasteiger partial charge in [-0.15, -0.1) is 0 Å². The monoisotopic (exact) mass is 269 g/mol. The number of halogens is 1. The summed E-state index contributed by atoms with van der Waals surface area (Å²) in [5, 5.41) is 9.62. The highest BCUT2D eigenvalue weighted by Gasteiger charge is 2.38. The molecule has 98 valence electrons. The zero-order chi connectivity index (χ0) is 13.9. The van der Waals surface area contributed by atoms with Gasteiger partial charge in [-0.05, 0) is 31.5 Å². The zero-order valence-electron chi connectivity index (χ0n) is 10.6. The molecule has 0 aromatic heterocycles. The second-order valence-corrected chi connectivity index (χ2v) is 5.15. The number of amides is 1. The van der Waals surface area contributed by atoms with Gasteiger partial charge in [-0.3, -0.25) is 9.59 Å². The highest BCUT2D eigenvalue weighted by Crippen LogP contribution is 2.20. The Bertz CT molecular complexity index is 454. The molecule has 1 rings (SSSR count). The van der Waals surface area contributed by atoms with Crippen LogP contribution in [-0.4, -0.2) is 28.9 Å². The predicted octanol–water partition coefficient (Wildman–Crippen LogP) is 2.41. The number of carbonyl (C=O) groups excluding carboxylic acids is 1. The normalized spacial score (nSPS) is 11.1. The summed E-state index contributed by atoms with van der Waals surface area (Å²) in [6.45, 7) is 3.15. The van der Waals surface area contributed by atoms with Gasteiger partial charge >= 0.3 is 5.97 Å². The summed E-state index contributed by atoms with van der Waals surface area (Å²) in [5.41, 5.74) is -0.516. The van der Waals surface area contributed by atoms with Gasteiger partial charge in [0.1, 0.15) is 5.41 Å². The van der Waals surface area contributed by atoms with Crippen LogP contribution in [0.2, 0.25) is 5.02 Å². The van der Waals surface area contributed by atoms with Crippen LogP contribution in [0.3, 0.4) is 0 Å². The fourth-order valence-corrected chi connectivity index (χ4v) is 1.63. The van der Waals surface area contributed by atoms with Crippen LogP contribution in [0.1, 0.15) is 19.4 Å². The summed E-state index contributed by atoms with van der Waals surface area (Å²) in [7, 11) is 1.58. The van der Waals surface area contributed by atoms with Gasteiger partial charge < -0.3 is 10.0 Å². The van der Waals surface area contributed by atoms with E-state index in [1.165, 1.54) is 18.7 Å². The molecule has 0 atom stereocenters. The quantitative estimate of drug-likeness (QED) is 0.854. The molecule has 0 saturated carbocycles.